The predicted molar refractivity (Wildman–Crippen MR) is 107 cm³/mol. The highest BCUT2D eigenvalue weighted by molar-refractivity contribution is 5.92. The molecule has 0 N–H and O–H groups in total. The largest absolute Gasteiger partial charge is 0.336 e. The van der Waals surface area contributed by atoms with Gasteiger partial charge in [0.15, 0.2) is 0 Å². The van der Waals surface area contributed by atoms with Gasteiger partial charge in [-0.3, -0.25) is 4.98 Å². The van der Waals surface area contributed by atoms with Crippen molar-refractivity contribution in [1.29, 1.82) is 0 Å². The quantitative estimate of drug-likeness (QED) is 0.645. The number of hydrogen-bond acceptors (Lipinski definition) is 1. The average Bonchev–Trinajstić information content (AvgIpc) is 3.32. The molecule has 3 aliphatic carbocycles. The fraction of sp³-hybridized carbons (Fsp3) is 0.542. The molecule has 0 radical (unpaired) electrons. The summed E-state index contributed by atoms with van der Waals surface area (Å²) in [5.74, 6) is 1.62. The standard InChI is InChI=1S/C24H28N2/c1-24(10-11-24)14-16-5-8-21-18(13-16)7-6-17-3-2-4-19-20-15-25-12-9-22(20)26(21)23(17)19/h3,6-7,9,12,15-16,18,21H,2,4-5,8,10-11,13-14H2,1H3. The Balaban J connectivity index is 1.45. The number of allylic oxidation sites excluding steroid dienone is 4. The van der Waals surface area contributed by atoms with E-state index in [-0.39, 0.29) is 0 Å². The molecule has 3 heterocycles. The Labute approximate surface area is 156 Å². The highest BCUT2D eigenvalue weighted by Crippen LogP contribution is 2.54. The third kappa shape index (κ3) is 2.20. The summed E-state index contributed by atoms with van der Waals surface area (Å²) < 4.78 is 2.72. The minimum Gasteiger partial charge on any atom is -0.336 e. The Kier molecular flexibility index (Phi) is 3.13. The third-order valence-corrected chi connectivity index (χ3v) is 7.65. The average molecular weight is 345 g/mol. The number of aryl methyl sites for hydroxylation is 1. The van der Waals surface area contributed by atoms with Crippen LogP contribution in [0.4, 0.5) is 0 Å². The second-order valence-electron chi connectivity index (χ2n) is 9.57. The van der Waals surface area contributed by atoms with Crippen LogP contribution in [0, 0.1) is 17.3 Å². The van der Waals surface area contributed by atoms with E-state index in [0.717, 1.165) is 12.3 Å². The first-order valence-corrected chi connectivity index (χ1v) is 10.6. The molecule has 2 aromatic heterocycles. The Morgan fingerprint density at radius 2 is 2.19 bits per heavy atom. The van der Waals surface area contributed by atoms with Gasteiger partial charge in [-0.25, -0.2) is 0 Å². The molecule has 0 bridgehead atoms. The van der Waals surface area contributed by atoms with Gasteiger partial charge in [0.25, 0.3) is 0 Å². The number of aromatic nitrogens is 2. The summed E-state index contributed by atoms with van der Waals surface area (Å²) in [6, 6.07) is 2.89. The van der Waals surface area contributed by atoms with Gasteiger partial charge in [-0.15, -0.1) is 0 Å². The SMILES string of the molecule is CC1(CC2CCC3C(C=CC4=CCCc5c4n3c3ccncc53)C2)CC1. The smallest absolute Gasteiger partial charge is 0.0524 e. The molecule has 0 spiro atoms. The molecular weight excluding hydrogens is 316 g/mol. The van der Waals surface area contributed by atoms with Crippen LogP contribution in [0.5, 0.6) is 0 Å². The number of fused-ring (bicyclic) bond motifs is 5. The van der Waals surface area contributed by atoms with Gasteiger partial charge >= 0.3 is 0 Å². The first-order chi connectivity index (χ1) is 12.7. The van der Waals surface area contributed by atoms with Crippen molar-refractivity contribution in [3.63, 3.8) is 0 Å². The van der Waals surface area contributed by atoms with Crippen LogP contribution in [-0.2, 0) is 6.42 Å². The third-order valence-electron chi connectivity index (χ3n) is 7.65. The summed E-state index contributed by atoms with van der Waals surface area (Å²) >= 11 is 0. The zero-order valence-electron chi connectivity index (χ0n) is 15.7. The van der Waals surface area contributed by atoms with Gasteiger partial charge in [-0.2, -0.15) is 0 Å². The van der Waals surface area contributed by atoms with Crippen molar-refractivity contribution < 1.29 is 0 Å². The Morgan fingerprint density at radius 1 is 1.27 bits per heavy atom. The summed E-state index contributed by atoms with van der Waals surface area (Å²) in [4.78, 5) is 4.45. The van der Waals surface area contributed by atoms with E-state index in [4.69, 9.17) is 0 Å². The number of hydrogen-bond donors (Lipinski definition) is 0. The van der Waals surface area contributed by atoms with E-state index in [2.05, 4.69) is 47.0 Å². The van der Waals surface area contributed by atoms with Crippen LogP contribution < -0.4 is 0 Å². The van der Waals surface area contributed by atoms with E-state index < -0.39 is 0 Å². The van der Waals surface area contributed by atoms with E-state index >= 15 is 0 Å². The van der Waals surface area contributed by atoms with Gasteiger partial charge in [0.1, 0.15) is 0 Å². The second kappa shape index (κ2) is 5.34. The molecule has 0 saturated heterocycles. The van der Waals surface area contributed by atoms with Gasteiger partial charge in [-0.1, -0.05) is 25.2 Å². The van der Waals surface area contributed by atoms with Gasteiger partial charge in [0.05, 0.1) is 11.2 Å². The molecule has 2 saturated carbocycles. The minimum atomic E-state index is 0.632. The lowest BCUT2D eigenvalue weighted by molar-refractivity contribution is 0.193. The van der Waals surface area contributed by atoms with E-state index in [1.54, 1.807) is 5.56 Å². The molecule has 6 rings (SSSR count). The first kappa shape index (κ1) is 15.2. The first-order valence-electron chi connectivity index (χ1n) is 10.6. The topological polar surface area (TPSA) is 17.8 Å². The fourth-order valence-corrected chi connectivity index (χ4v) is 6.08. The summed E-state index contributed by atoms with van der Waals surface area (Å²) in [6.07, 6.45) is 22.4. The highest BCUT2D eigenvalue weighted by Gasteiger charge is 2.42. The van der Waals surface area contributed by atoms with Gasteiger partial charge in [0, 0.05) is 23.8 Å². The molecule has 3 unspecified atom stereocenters. The van der Waals surface area contributed by atoms with Crippen LogP contribution in [0.15, 0.2) is 36.7 Å². The summed E-state index contributed by atoms with van der Waals surface area (Å²) in [5, 5.41) is 1.40. The van der Waals surface area contributed by atoms with Gasteiger partial charge in [0.2, 0.25) is 0 Å². The van der Waals surface area contributed by atoms with Crippen molar-refractivity contribution in [3.8, 4) is 0 Å². The van der Waals surface area contributed by atoms with Crippen LogP contribution in [0.25, 0.3) is 16.5 Å². The fourth-order valence-electron chi connectivity index (χ4n) is 6.08. The van der Waals surface area contributed by atoms with Crippen molar-refractivity contribution in [2.45, 2.75) is 64.3 Å². The molecule has 26 heavy (non-hydrogen) atoms. The maximum atomic E-state index is 4.45. The van der Waals surface area contributed by atoms with Crippen LogP contribution in [0.2, 0.25) is 0 Å². The molecule has 0 aromatic carbocycles. The van der Waals surface area contributed by atoms with Crippen molar-refractivity contribution in [2.75, 3.05) is 0 Å². The lowest BCUT2D eigenvalue weighted by Gasteiger charge is -2.37. The molecule has 0 amide bonds. The normalized spacial score (nSPS) is 31.1. The van der Waals surface area contributed by atoms with E-state index in [1.807, 2.05) is 6.20 Å². The molecule has 134 valence electrons. The molecule has 4 aliphatic rings. The molecule has 2 nitrogen and oxygen atoms in total. The van der Waals surface area contributed by atoms with Crippen LogP contribution in [-0.4, -0.2) is 9.55 Å². The number of pyridine rings is 1. The monoisotopic (exact) mass is 344 g/mol. The van der Waals surface area contributed by atoms with E-state index in [1.165, 1.54) is 67.1 Å². The minimum absolute atomic E-state index is 0.632. The molecule has 3 atom stereocenters. The molecule has 1 aliphatic heterocycles. The lowest BCUT2D eigenvalue weighted by atomic mass is 9.74. The molecule has 2 fully saturated rings. The predicted octanol–water partition coefficient (Wildman–Crippen LogP) is 6.08. The van der Waals surface area contributed by atoms with E-state index in [9.17, 15) is 0 Å². The second-order valence-corrected chi connectivity index (χ2v) is 9.57. The van der Waals surface area contributed by atoms with E-state index in [0.29, 0.717) is 17.4 Å². The van der Waals surface area contributed by atoms with Crippen molar-refractivity contribution in [2.24, 2.45) is 17.3 Å². The molecule has 2 aromatic rings. The number of nitrogens with zero attached hydrogens (tertiary/aromatic N) is 2. The Hall–Kier alpha value is -1.83. The van der Waals surface area contributed by atoms with Crippen LogP contribution >= 0.6 is 0 Å². The maximum absolute atomic E-state index is 4.45. The van der Waals surface area contributed by atoms with Crippen LogP contribution in [0.1, 0.15) is 69.2 Å². The Bertz CT molecular complexity index is 941. The molecular formula is C24H28N2. The highest BCUT2D eigenvalue weighted by atomic mass is 15.0. The molecule has 2 heteroatoms. The zero-order chi connectivity index (χ0) is 17.3. The maximum Gasteiger partial charge on any atom is 0.0524 e. The zero-order valence-corrected chi connectivity index (χ0v) is 15.7. The lowest BCUT2D eigenvalue weighted by Crippen LogP contribution is -2.27. The summed E-state index contributed by atoms with van der Waals surface area (Å²) in [7, 11) is 0. The summed E-state index contributed by atoms with van der Waals surface area (Å²) in [5.41, 5.74) is 6.62. The van der Waals surface area contributed by atoms with Crippen LogP contribution in [0.3, 0.4) is 0 Å². The van der Waals surface area contributed by atoms with Crippen molar-refractivity contribution in [1.82, 2.24) is 9.55 Å². The Morgan fingerprint density at radius 3 is 3.08 bits per heavy atom. The van der Waals surface area contributed by atoms with Crippen molar-refractivity contribution >= 4 is 16.5 Å². The van der Waals surface area contributed by atoms with Gasteiger partial charge < -0.3 is 4.57 Å². The number of rotatable bonds is 2. The van der Waals surface area contributed by atoms with Gasteiger partial charge in [-0.05, 0) is 85.8 Å². The summed E-state index contributed by atoms with van der Waals surface area (Å²) in [6.45, 7) is 2.50. The van der Waals surface area contributed by atoms with Crippen molar-refractivity contribution in [3.05, 3.63) is 47.9 Å².